The molecular weight excluding hydrogens is 238 g/mol. The quantitative estimate of drug-likeness (QED) is 0.895. The Kier molecular flexibility index (Phi) is 3.69. The molecule has 3 nitrogen and oxygen atoms in total. The number of amides is 1. The zero-order chi connectivity index (χ0) is 12.4. The summed E-state index contributed by atoms with van der Waals surface area (Å²) in [5.74, 6) is 0.216. The van der Waals surface area contributed by atoms with Crippen LogP contribution in [0.4, 0.5) is 0 Å². The summed E-state index contributed by atoms with van der Waals surface area (Å²) in [6, 6.07) is 5.70. The highest BCUT2D eigenvalue weighted by Crippen LogP contribution is 2.22. The predicted molar refractivity (Wildman–Crippen MR) is 66.8 cm³/mol. The van der Waals surface area contributed by atoms with Crippen LogP contribution in [0.15, 0.2) is 18.2 Å². The fourth-order valence-corrected chi connectivity index (χ4v) is 2.40. The van der Waals surface area contributed by atoms with Crippen LogP contribution in [0.25, 0.3) is 0 Å². The zero-order valence-corrected chi connectivity index (χ0v) is 10.6. The molecule has 0 radical (unpaired) electrons. The van der Waals surface area contributed by atoms with E-state index in [-0.39, 0.29) is 18.4 Å². The van der Waals surface area contributed by atoms with E-state index in [1.54, 1.807) is 4.90 Å². The molecule has 2 rings (SSSR count). The van der Waals surface area contributed by atoms with Crippen LogP contribution in [0.1, 0.15) is 17.5 Å². The highest BCUT2D eigenvalue weighted by molar-refractivity contribution is 6.30. The molecule has 0 saturated carbocycles. The maximum Gasteiger partial charge on any atom is 0.223 e. The number of aliphatic hydroxyl groups excluding tert-OH is 1. The Morgan fingerprint density at radius 1 is 1.53 bits per heavy atom. The van der Waals surface area contributed by atoms with Crippen molar-refractivity contribution in [1.29, 1.82) is 0 Å². The summed E-state index contributed by atoms with van der Waals surface area (Å²) in [4.78, 5) is 13.5. The average Bonchev–Trinajstić information content (AvgIpc) is 2.64. The van der Waals surface area contributed by atoms with Crippen molar-refractivity contribution in [3.63, 3.8) is 0 Å². The summed E-state index contributed by atoms with van der Waals surface area (Å²) < 4.78 is 0. The summed E-state index contributed by atoms with van der Waals surface area (Å²) in [5, 5.41) is 9.78. The molecule has 1 amide bonds. The molecule has 92 valence electrons. The van der Waals surface area contributed by atoms with Gasteiger partial charge >= 0.3 is 0 Å². The molecule has 0 aliphatic carbocycles. The van der Waals surface area contributed by atoms with Gasteiger partial charge in [-0.2, -0.15) is 0 Å². The molecular formula is C13H16ClNO2. The van der Waals surface area contributed by atoms with E-state index in [9.17, 15) is 4.79 Å². The molecule has 1 aliphatic rings. The van der Waals surface area contributed by atoms with E-state index in [4.69, 9.17) is 16.7 Å². The minimum atomic E-state index is 0.0852. The standard InChI is InChI=1S/C13H16ClNO2/c1-9-4-12(14)3-2-11(9)7-15-6-10(8-16)5-13(15)17/h2-4,10,16H,5-8H2,1H3. The zero-order valence-electron chi connectivity index (χ0n) is 9.82. The van der Waals surface area contributed by atoms with Crippen molar-refractivity contribution in [2.45, 2.75) is 19.9 Å². The fourth-order valence-electron chi connectivity index (χ4n) is 2.17. The number of halogens is 1. The molecule has 1 atom stereocenters. The normalized spacial score (nSPS) is 20.1. The van der Waals surface area contributed by atoms with Gasteiger partial charge in [0.25, 0.3) is 0 Å². The van der Waals surface area contributed by atoms with Crippen molar-refractivity contribution in [2.75, 3.05) is 13.2 Å². The van der Waals surface area contributed by atoms with Gasteiger partial charge in [0, 0.05) is 37.1 Å². The molecule has 17 heavy (non-hydrogen) atoms. The second kappa shape index (κ2) is 5.07. The number of rotatable bonds is 3. The molecule has 1 unspecified atom stereocenters. The monoisotopic (exact) mass is 253 g/mol. The summed E-state index contributed by atoms with van der Waals surface area (Å²) in [5.41, 5.74) is 2.21. The van der Waals surface area contributed by atoms with Gasteiger partial charge in [-0.05, 0) is 30.2 Å². The molecule has 4 heteroatoms. The van der Waals surface area contributed by atoms with Crippen molar-refractivity contribution >= 4 is 17.5 Å². The maximum atomic E-state index is 11.7. The lowest BCUT2D eigenvalue weighted by molar-refractivity contribution is -0.128. The van der Waals surface area contributed by atoms with Gasteiger partial charge in [-0.15, -0.1) is 0 Å². The fraction of sp³-hybridized carbons (Fsp3) is 0.462. The molecule has 1 saturated heterocycles. The molecule has 1 aliphatic heterocycles. The number of nitrogens with zero attached hydrogens (tertiary/aromatic N) is 1. The first-order valence-electron chi connectivity index (χ1n) is 5.74. The van der Waals surface area contributed by atoms with Gasteiger partial charge in [-0.3, -0.25) is 4.79 Å². The molecule has 1 fully saturated rings. The molecule has 0 aromatic heterocycles. The third-order valence-electron chi connectivity index (χ3n) is 3.22. The van der Waals surface area contributed by atoms with Crippen LogP contribution < -0.4 is 0 Å². The van der Waals surface area contributed by atoms with E-state index in [1.807, 2.05) is 25.1 Å². The molecule has 1 aromatic carbocycles. The Labute approximate surface area is 106 Å². The van der Waals surface area contributed by atoms with Gasteiger partial charge in [-0.25, -0.2) is 0 Å². The number of likely N-dealkylation sites (tertiary alicyclic amines) is 1. The summed E-state index contributed by atoms with van der Waals surface area (Å²) >= 11 is 5.89. The summed E-state index contributed by atoms with van der Waals surface area (Å²) in [7, 11) is 0. The van der Waals surface area contributed by atoms with Crippen LogP contribution in [0, 0.1) is 12.8 Å². The van der Waals surface area contributed by atoms with Crippen LogP contribution in [-0.2, 0) is 11.3 Å². The lowest BCUT2D eigenvalue weighted by Crippen LogP contribution is -2.25. The largest absolute Gasteiger partial charge is 0.396 e. The lowest BCUT2D eigenvalue weighted by Gasteiger charge is -2.17. The van der Waals surface area contributed by atoms with Crippen LogP contribution in [0.5, 0.6) is 0 Å². The van der Waals surface area contributed by atoms with Gasteiger partial charge < -0.3 is 10.0 Å². The van der Waals surface area contributed by atoms with E-state index >= 15 is 0 Å². The van der Waals surface area contributed by atoms with E-state index < -0.39 is 0 Å². The average molecular weight is 254 g/mol. The van der Waals surface area contributed by atoms with Crippen molar-refractivity contribution in [3.05, 3.63) is 34.3 Å². The van der Waals surface area contributed by atoms with Crippen LogP contribution in [0.2, 0.25) is 5.02 Å². The number of aliphatic hydroxyl groups is 1. The topological polar surface area (TPSA) is 40.5 Å². The second-order valence-corrected chi connectivity index (χ2v) is 5.03. The van der Waals surface area contributed by atoms with E-state index in [1.165, 1.54) is 0 Å². The number of carbonyl (C=O) groups is 1. The Balaban J connectivity index is 2.08. The van der Waals surface area contributed by atoms with Crippen LogP contribution in [0.3, 0.4) is 0 Å². The minimum Gasteiger partial charge on any atom is -0.396 e. The Morgan fingerprint density at radius 2 is 2.29 bits per heavy atom. The first-order chi connectivity index (χ1) is 8.10. The first-order valence-corrected chi connectivity index (χ1v) is 6.11. The van der Waals surface area contributed by atoms with Gasteiger partial charge in [0.05, 0.1) is 0 Å². The van der Waals surface area contributed by atoms with Crippen molar-refractivity contribution in [1.82, 2.24) is 4.90 Å². The number of hydrogen-bond donors (Lipinski definition) is 1. The van der Waals surface area contributed by atoms with Crippen molar-refractivity contribution in [2.24, 2.45) is 5.92 Å². The minimum absolute atomic E-state index is 0.0852. The highest BCUT2D eigenvalue weighted by atomic mass is 35.5. The Hall–Kier alpha value is -1.06. The molecule has 1 aromatic rings. The lowest BCUT2D eigenvalue weighted by atomic mass is 10.1. The smallest absolute Gasteiger partial charge is 0.223 e. The highest BCUT2D eigenvalue weighted by Gasteiger charge is 2.28. The van der Waals surface area contributed by atoms with E-state index in [0.717, 1.165) is 11.1 Å². The number of benzene rings is 1. The number of hydrogen-bond acceptors (Lipinski definition) is 2. The van der Waals surface area contributed by atoms with Crippen LogP contribution >= 0.6 is 11.6 Å². The van der Waals surface area contributed by atoms with Crippen molar-refractivity contribution < 1.29 is 9.90 Å². The van der Waals surface area contributed by atoms with Gasteiger partial charge in [-0.1, -0.05) is 17.7 Å². The molecule has 0 bridgehead atoms. The van der Waals surface area contributed by atoms with Gasteiger partial charge in [0.2, 0.25) is 5.91 Å². The van der Waals surface area contributed by atoms with Crippen LogP contribution in [-0.4, -0.2) is 29.1 Å². The Morgan fingerprint density at radius 3 is 2.88 bits per heavy atom. The maximum absolute atomic E-state index is 11.7. The number of aryl methyl sites for hydroxylation is 1. The number of carbonyl (C=O) groups excluding carboxylic acids is 1. The molecule has 1 N–H and O–H groups in total. The van der Waals surface area contributed by atoms with E-state index in [2.05, 4.69) is 0 Å². The van der Waals surface area contributed by atoms with Gasteiger partial charge in [0.1, 0.15) is 0 Å². The molecule has 0 spiro atoms. The SMILES string of the molecule is Cc1cc(Cl)ccc1CN1CC(CO)CC1=O. The van der Waals surface area contributed by atoms with E-state index in [0.29, 0.717) is 24.5 Å². The van der Waals surface area contributed by atoms with Crippen molar-refractivity contribution in [3.8, 4) is 0 Å². The Bertz CT molecular complexity index is 433. The second-order valence-electron chi connectivity index (χ2n) is 4.60. The third-order valence-corrected chi connectivity index (χ3v) is 3.45. The van der Waals surface area contributed by atoms with Gasteiger partial charge in [0.15, 0.2) is 0 Å². The summed E-state index contributed by atoms with van der Waals surface area (Å²) in [6.45, 7) is 3.34. The predicted octanol–water partition coefficient (Wildman–Crippen LogP) is 1.99. The summed E-state index contributed by atoms with van der Waals surface area (Å²) in [6.07, 6.45) is 0.461. The third kappa shape index (κ3) is 2.79. The first kappa shape index (κ1) is 12.4. The molecule has 1 heterocycles.